The zero-order valence-electron chi connectivity index (χ0n) is 5.57. The van der Waals surface area contributed by atoms with E-state index >= 15 is 0 Å². The van der Waals surface area contributed by atoms with Crippen LogP contribution in [0.5, 0.6) is 0 Å². The van der Waals surface area contributed by atoms with Gasteiger partial charge in [-0.25, -0.2) is 18.4 Å². The van der Waals surface area contributed by atoms with Crippen molar-refractivity contribution in [3.8, 4) is 0 Å². The minimum atomic E-state index is -3.60. The molecule has 0 aliphatic rings. The van der Waals surface area contributed by atoms with E-state index in [1.165, 1.54) is 5.94 Å². The van der Waals surface area contributed by atoms with E-state index in [9.17, 15) is 13.2 Å². The second-order valence-electron chi connectivity index (χ2n) is 1.82. The minimum Gasteiger partial charge on any atom is -0.234 e. The Balaban J connectivity index is 4.53. The summed E-state index contributed by atoms with van der Waals surface area (Å²) in [6, 6.07) is 0. The third kappa shape index (κ3) is 2.77. The fraction of sp³-hybridized carbons (Fsp3) is 0.600. The SMILES string of the molecule is CCC(C=C=O)S(N)(=O)=O. The molecule has 0 amide bonds. The van der Waals surface area contributed by atoms with Gasteiger partial charge >= 0.3 is 0 Å². The highest BCUT2D eigenvalue weighted by Gasteiger charge is 2.15. The third-order valence-electron chi connectivity index (χ3n) is 1.08. The van der Waals surface area contributed by atoms with Crippen molar-refractivity contribution in [2.24, 2.45) is 5.14 Å². The van der Waals surface area contributed by atoms with E-state index in [-0.39, 0.29) is 0 Å². The molecular weight excluding hydrogens is 154 g/mol. The Hall–Kier alpha value is -0.640. The molecule has 1 atom stereocenters. The Morgan fingerprint density at radius 2 is 2.20 bits per heavy atom. The van der Waals surface area contributed by atoms with Crippen molar-refractivity contribution in [3.05, 3.63) is 6.08 Å². The third-order valence-corrected chi connectivity index (χ3v) is 2.39. The molecule has 58 valence electrons. The Morgan fingerprint density at radius 3 is 2.30 bits per heavy atom. The summed E-state index contributed by atoms with van der Waals surface area (Å²) in [5.74, 6) is 1.39. The first-order valence-electron chi connectivity index (χ1n) is 2.75. The van der Waals surface area contributed by atoms with Gasteiger partial charge in [-0.2, -0.15) is 0 Å². The zero-order valence-corrected chi connectivity index (χ0v) is 6.39. The van der Waals surface area contributed by atoms with Gasteiger partial charge in [-0.3, -0.25) is 0 Å². The van der Waals surface area contributed by atoms with Crippen molar-refractivity contribution in [1.82, 2.24) is 0 Å². The second kappa shape index (κ2) is 3.51. The monoisotopic (exact) mass is 163 g/mol. The predicted octanol–water partition coefficient (Wildman–Crippen LogP) is -0.559. The molecule has 0 aromatic rings. The molecule has 0 rings (SSSR count). The summed E-state index contributed by atoms with van der Waals surface area (Å²) in [5.41, 5.74) is 0. The summed E-state index contributed by atoms with van der Waals surface area (Å²) in [5, 5.41) is 3.85. The van der Waals surface area contributed by atoms with Crippen molar-refractivity contribution in [1.29, 1.82) is 0 Å². The Bertz CT molecular complexity index is 238. The molecule has 0 radical (unpaired) electrons. The summed E-state index contributed by atoms with van der Waals surface area (Å²) in [6.07, 6.45) is 1.21. The van der Waals surface area contributed by atoms with Gasteiger partial charge in [0, 0.05) is 6.08 Å². The molecular formula is C5H9NO3S. The van der Waals surface area contributed by atoms with Crippen molar-refractivity contribution in [2.75, 3.05) is 0 Å². The number of primary sulfonamides is 1. The summed E-state index contributed by atoms with van der Waals surface area (Å²) >= 11 is 0. The summed E-state index contributed by atoms with van der Waals surface area (Å²) in [6.45, 7) is 1.63. The van der Waals surface area contributed by atoms with Crippen LogP contribution in [0.15, 0.2) is 6.08 Å². The van der Waals surface area contributed by atoms with Crippen LogP contribution in [0.25, 0.3) is 0 Å². The highest BCUT2D eigenvalue weighted by atomic mass is 32.2. The Morgan fingerprint density at radius 1 is 1.70 bits per heavy atom. The first-order chi connectivity index (χ1) is 4.52. The summed E-state index contributed by atoms with van der Waals surface area (Å²) in [4.78, 5) is 9.72. The maximum atomic E-state index is 10.5. The van der Waals surface area contributed by atoms with E-state index in [1.807, 2.05) is 0 Å². The van der Waals surface area contributed by atoms with E-state index in [0.29, 0.717) is 6.42 Å². The van der Waals surface area contributed by atoms with Crippen LogP contribution < -0.4 is 5.14 Å². The van der Waals surface area contributed by atoms with Crippen LogP contribution in [0.1, 0.15) is 13.3 Å². The van der Waals surface area contributed by atoms with Crippen LogP contribution in [0, 0.1) is 0 Å². The van der Waals surface area contributed by atoms with Gasteiger partial charge in [0.25, 0.3) is 0 Å². The number of hydrogen-bond donors (Lipinski definition) is 1. The lowest BCUT2D eigenvalue weighted by Crippen LogP contribution is -2.26. The van der Waals surface area contributed by atoms with Crippen LogP contribution in [0.4, 0.5) is 0 Å². The minimum absolute atomic E-state index is 0.300. The van der Waals surface area contributed by atoms with E-state index in [0.717, 1.165) is 6.08 Å². The van der Waals surface area contributed by atoms with Crippen LogP contribution >= 0.6 is 0 Å². The van der Waals surface area contributed by atoms with Gasteiger partial charge < -0.3 is 0 Å². The number of carbonyl (C=O) groups excluding carboxylic acids is 1. The van der Waals surface area contributed by atoms with Gasteiger partial charge in [-0.1, -0.05) is 6.92 Å². The molecule has 0 bridgehead atoms. The number of nitrogens with two attached hydrogens (primary N) is 1. The lowest BCUT2D eigenvalue weighted by atomic mass is 10.3. The fourth-order valence-electron chi connectivity index (χ4n) is 0.521. The molecule has 2 N–H and O–H groups in total. The van der Waals surface area contributed by atoms with Crippen LogP contribution in [0.3, 0.4) is 0 Å². The molecule has 0 heterocycles. The van der Waals surface area contributed by atoms with Gasteiger partial charge in [-0.15, -0.1) is 0 Å². The van der Waals surface area contributed by atoms with Crippen molar-refractivity contribution in [2.45, 2.75) is 18.6 Å². The van der Waals surface area contributed by atoms with Crippen LogP contribution in [-0.2, 0) is 14.8 Å². The van der Waals surface area contributed by atoms with Gasteiger partial charge in [-0.05, 0) is 6.42 Å². The molecule has 10 heavy (non-hydrogen) atoms. The number of sulfonamides is 1. The largest absolute Gasteiger partial charge is 0.234 e. The standard InChI is InChI=1S/C5H9NO3S/c1-2-5(3-4-7)10(6,8)9/h3,5H,2H2,1H3,(H2,6,8,9). The smallest absolute Gasteiger partial charge is 0.216 e. The molecule has 0 aliphatic carbocycles. The molecule has 0 spiro atoms. The predicted molar refractivity (Wildman–Crippen MR) is 37.4 cm³/mol. The quantitative estimate of drug-likeness (QED) is 0.566. The van der Waals surface area contributed by atoms with Gasteiger partial charge in [0.05, 0.1) is 0 Å². The Labute approximate surface area is 59.8 Å². The zero-order chi connectivity index (χ0) is 8.20. The molecule has 0 aromatic carbocycles. The van der Waals surface area contributed by atoms with Crippen molar-refractivity contribution < 1.29 is 13.2 Å². The molecule has 4 nitrogen and oxygen atoms in total. The fourth-order valence-corrected chi connectivity index (χ4v) is 1.23. The van der Waals surface area contributed by atoms with Gasteiger partial charge in [0.2, 0.25) is 10.0 Å². The number of hydrogen-bond acceptors (Lipinski definition) is 3. The average Bonchev–Trinajstić information content (AvgIpc) is 1.80. The molecule has 5 heteroatoms. The molecule has 1 unspecified atom stereocenters. The average molecular weight is 163 g/mol. The van der Waals surface area contributed by atoms with E-state index in [2.05, 4.69) is 0 Å². The van der Waals surface area contributed by atoms with Crippen LogP contribution in [0.2, 0.25) is 0 Å². The lowest BCUT2D eigenvalue weighted by Gasteiger charge is -2.02. The van der Waals surface area contributed by atoms with E-state index in [1.54, 1.807) is 6.92 Å². The highest BCUT2D eigenvalue weighted by Crippen LogP contribution is 2.00. The first-order valence-corrected chi connectivity index (χ1v) is 4.36. The first kappa shape index (κ1) is 9.36. The summed E-state index contributed by atoms with van der Waals surface area (Å²) < 4.78 is 21.0. The highest BCUT2D eigenvalue weighted by molar-refractivity contribution is 7.89. The second-order valence-corrected chi connectivity index (χ2v) is 3.60. The maximum Gasteiger partial charge on any atom is 0.216 e. The van der Waals surface area contributed by atoms with Crippen molar-refractivity contribution >= 4 is 16.0 Å². The van der Waals surface area contributed by atoms with E-state index < -0.39 is 15.3 Å². The Kier molecular flexibility index (Phi) is 3.28. The van der Waals surface area contributed by atoms with Gasteiger partial charge in [0.15, 0.2) is 0 Å². The lowest BCUT2D eigenvalue weighted by molar-refractivity contribution is 0.565. The molecule has 0 fully saturated rings. The number of rotatable bonds is 3. The topological polar surface area (TPSA) is 77.2 Å². The molecule has 0 saturated heterocycles. The van der Waals surface area contributed by atoms with E-state index in [4.69, 9.17) is 5.14 Å². The maximum absolute atomic E-state index is 10.5. The molecule has 0 aromatic heterocycles. The summed E-state index contributed by atoms with van der Waals surface area (Å²) in [7, 11) is -3.60. The molecule has 0 aliphatic heterocycles. The normalized spacial score (nSPS) is 13.8. The van der Waals surface area contributed by atoms with Crippen molar-refractivity contribution in [3.63, 3.8) is 0 Å². The van der Waals surface area contributed by atoms with Gasteiger partial charge in [0.1, 0.15) is 11.2 Å². The van der Waals surface area contributed by atoms with Crippen LogP contribution in [-0.4, -0.2) is 19.6 Å². The molecule has 0 saturated carbocycles.